The Morgan fingerprint density at radius 2 is 1.80 bits per heavy atom. The third-order valence-electron chi connectivity index (χ3n) is 6.77. The number of sulfone groups is 1. The number of carboxylic acids is 1. The van der Waals surface area contributed by atoms with Crippen LogP contribution in [-0.4, -0.2) is 37.3 Å². The van der Waals surface area contributed by atoms with Crippen molar-refractivity contribution in [2.24, 2.45) is 0 Å². The number of benzene rings is 3. The number of rotatable bonds is 9. The van der Waals surface area contributed by atoms with Gasteiger partial charge >= 0.3 is 5.97 Å². The van der Waals surface area contributed by atoms with Crippen molar-refractivity contribution >= 4 is 15.8 Å². The summed E-state index contributed by atoms with van der Waals surface area (Å²) in [6, 6.07) is 20.6. The number of carbonyl (C=O) groups is 1. The van der Waals surface area contributed by atoms with Crippen LogP contribution in [-0.2, 0) is 21.2 Å². The maximum Gasteiger partial charge on any atom is 0.304 e. The predicted molar refractivity (Wildman–Crippen MR) is 150 cm³/mol. The summed E-state index contributed by atoms with van der Waals surface area (Å²) in [6.07, 6.45) is 2.47. The molecule has 8 nitrogen and oxygen atoms in total. The molecule has 1 aromatic heterocycles. The van der Waals surface area contributed by atoms with Crippen LogP contribution >= 0.6 is 0 Å². The van der Waals surface area contributed by atoms with E-state index >= 15 is 0 Å². The number of fused-ring (bicyclic) bond motifs is 1. The summed E-state index contributed by atoms with van der Waals surface area (Å²) in [6.45, 7) is 4.75. The van der Waals surface area contributed by atoms with Crippen molar-refractivity contribution in [1.82, 2.24) is 4.98 Å². The lowest BCUT2D eigenvalue weighted by Crippen LogP contribution is -2.07. The Labute approximate surface area is 233 Å². The van der Waals surface area contributed by atoms with Gasteiger partial charge in [0.2, 0.25) is 5.88 Å². The normalized spacial score (nSPS) is 14.3. The minimum absolute atomic E-state index is 0.0430. The van der Waals surface area contributed by atoms with E-state index in [1.54, 1.807) is 6.07 Å². The monoisotopic (exact) mass is 559 g/mol. The van der Waals surface area contributed by atoms with E-state index < -0.39 is 15.8 Å². The predicted octanol–water partition coefficient (Wildman–Crippen LogP) is 6.09. The van der Waals surface area contributed by atoms with Gasteiger partial charge in [0.15, 0.2) is 9.84 Å². The smallest absolute Gasteiger partial charge is 0.304 e. The van der Waals surface area contributed by atoms with Gasteiger partial charge in [0.05, 0.1) is 17.9 Å². The van der Waals surface area contributed by atoms with Crippen LogP contribution in [0.25, 0.3) is 11.1 Å². The average molecular weight is 560 g/mol. The van der Waals surface area contributed by atoms with E-state index in [0.717, 1.165) is 39.6 Å². The maximum absolute atomic E-state index is 11.7. The summed E-state index contributed by atoms with van der Waals surface area (Å²) >= 11 is 0. The lowest BCUT2D eigenvalue weighted by Gasteiger charge is -2.15. The minimum Gasteiger partial charge on any atom is -0.492 e. The second-order valence-electron chi connectivity index (χ2n) is 9.93. The number of pyridine rings is 1. The molecule has 0 bridgehead atoms. The molecule has 1 unspecified atom stereocenters. The van der Waals surface area contributed by atoms with Crippen molar-refractivity contribution < 1.29 is 32.5 Å². The topological polar surface area (TPSA) is 112 Å². The fourth-order valence-electron chi connectivity index (χ4n) is 4.92. The summed E-state index contributed by atoms with van der Waals surface area (Å²) in [4.78, 5) is 15.4. The largest absolute Gasteiger partial charge is 0.492 e. The fraction of sp³-hybridized carbons (Fsp3) is 0.226. The molecule has 206 valence electrons. The van der Waals surface area contributed by atoms with Crippen LogP contribution in [0.4, 0.5) is 0 Å². The van der Waals surface area contributed by atoms with Gasteiger partial charge in [-0.2, -0.15) is 0 Å². The van der Waals surface area contributed by atoms with Gasteiger partial charge in [-0.25, -0.2) is 13.4 Å². The SMILES string of the molecule is Cc1cc(Oc2ccc(S(C)(=O)=O)cn2)cc(C)c1-c1cccc(COc2ccc3c(c2)OCC3CC(=O)O)c1. The molecule has 0 amide bonds. The molecular formula is C31H29NO7S. The molecule has 1 aliphatic heterocycles. The van der Waals surface area contributed by atoms with Crippen molar-refractivity contribution in [2.75, 3.05) is 12.9 Å². The molecule has 40 heavy (non-hydrogen) atoms. The van der Waals surface area contributed by atoms with Crippen LogP contribution in [0.1, 0.15) is 34.6 Å². The highest BCUT2D eigenvalue weighted by Gasteiger charge is 2.26. The number of nitrogens with zero attached hydrogens (tertiary/aromatic N) is 1. The van der Waals surface area contributed by atoms with Gasteiger partial charge in [0.25, 0.3) is 0 Å². The quantitative estimate of drug-likeness (QED) is 0.262. The average Bonchev–Trinajstić information content (AvgIpc) is 3.28. The second kappa shape index (κ2) is 11.0. The molecule has 5 rings (SSSR count). The first-order valence-corrected chi connectivity index (χ1v) is 14.6. The van der Waals surface area contributed by atoms with E-state index in [2.05, 4.69) is 17.1 Å². The zero-order valence-electron chi connectivity index (χ0n) is 22.4. The number of hydrogen-bond donors (Lipinski definition) is 1. The van der Waals surface area contributed by atoms with Gasteiger partial charge in [-0.15, -0.1) is 0 Å². The maximum atomic E-state index is 11.7. The Morgan fingerprint density at radius 1 is 1.02 bits per heavy atom. The zero-order chi connectivity index (χ0) is 28.4. The molecule has 0 fully saturated rings. The molecule has 3 aromatic carbocycles. The molecule has 9 heteroatoms. The highest BCUT2D eigenvalue weighted by Crippen LogP contribution is 2.38. The summed E-state index contributed by atoms with van der Waals surface area (Å²) in [5, 5.41) is 9.10. The first-order valence-electron chi connectivity index (χ1n) is 12.7. The Bertz CT molecular complexity index is 1660. The zero-order valence-corrected chi connectivity index (χ0v) is 23.2. The molecule has 1 atom stereocenters. The summed E-state index contributed by atoms with van der Waals surface area (Å²) < 4.78 is 41.0. The van der Waals surface area contributed by atoms with E-state index in [4.69, 9.17) is 19.3 Å². The molecule has 4 aromatic rings. The van der Waals surface area contributed by atoms with Gasteiger partial charge in [-0.1, -0.05) is 24.3 Å². The molecule has 0 radical (unpaired) electrons. The number of carboxylic acid groups (broad SMARTS) is 1. The third kappa shape index (κ3) is 6.10. The van der Waals surface area contributed by atoms with E-state index in [0.29, 0.717) is 36.3 Å². The number of ether oxygens (including phenoxy) is 3. The van der Waals surface area contributed by atoms with Gasteiger partial charge in [-0.3, -0.25) is 4.79 Å². The fourth-order valence-corrected chi connectivity index (χ4v) is 5.47. The standard InChI is InChI=1S/C31H29NO7S/c1-19-11-25(39-29-10-8-26(16-32-29)40(3,35)36)12-20(2)31(19)22-6-4-5-21(13-22)17-37-24-7-9-27-23(14-30(33)34)18-38-28(27)15-24/h4-13,15-16,23H,14,17-18H2,1-3H3,(H,33,34). The number of aliphatic carboxylic acids is 1. The van der Waals surface area contributed by atoms with E-state index in [1.807, 2.05) is 56.3 Å². The van der Waals surface area contributed by atoms with Gasteiger partial charge in [0.1, 0.15) is 23.9 Å². The molecule has 0 spiro atoms. The first-order chi connectivity index (χ1) is 19.1. The van der Waals surface area contributed by atoms with Crippen molar-refractivity contribution in [3.05, 3.63) is 95.2 Å². The molecule has 0 aliphatic carbocycles. The second-order valence-corrected chi connectivity index (χ2v) is 11.9. The van der Waals surface area contributed by atoms with Crippen LogP contribution in [0.15, 0.2) is 77.8 Å². The van der Waals surface area contributed by atoms with Gasteiger partial charge in [-0.05, 0) is 72.0 Å². The van der Waals surface area contributed by atoms with E-state index in [1.165, 1.54) is 12.3 Å². The Hall–Kier alpha value is -4.37. The number of aryl methyl sites for hydroxylation is 2. The highest BCUT2D eigenvalue weighted by molar-refractivity contribution is 7.90. The summed E-state index contributed by atoms with van der Waals surface area (Å²) in [5.74, 6) is 1.28. The van der Waals surface area contributed by atoms with Crippen molar-refractivity contribution in [1.29, 1.82) is 0 Å². The first kappa shape index (κ1) is 27.2. The Kier molecular flexibility index (Phi) is 7.49. The molecule has 2 heterocycles. The lowest BCUT2D eigenvalue weighted by atomic mass is 9.94. The number of hydrogen-bond acceptors (Lipinski definition) is 7. The molecule has 1 N–H and O–H groups in total. The lowest BCUT2D eigenvalue weighted by molar-refractivity contribution is -0.137. The Morgan fingerprint density at radius 3 is 2.48 bits per heavy atom. The van der Waals surface area contributed by atoms with Gasteiger partial charge in [0, 0.05) is 36.1 Å². The van der Waals surface area contributed by atoms with Crippen LogP contribution in [0, 0.1) is 13.8 Å². The molecule has 0 saturated heterocycles. The van der Waals surface area contributed by atoms with Gasteiger partial charge < -0.3 is 19.3 Å². The Balaban J connectivity index is 1.29. The van der Waals surface area contributed by atoms with Crippen LogP contribution in [0.5, 0.6) is 23.1 Å². The number of aromatic nitrogens is 1. The van der Waals surface area contributed by atoms with Crippen LogP contribution in [0.2, 0.25) is 0 Å². The van der Waals surface area contributed by atoms with E-state index in [9.17, 15) is 13.2 Å². The molecule has 0 saturated carbocycles. The third-order valence-corrected chi connectivity index (χ3v) is 7.87. The molecular weight excluding hydrogens is 530 g/mol. The van der Waals surface area contributed by atoms with Crippen LogP contribution < -0.4 is 14.2 Å². The summed E-state index contributed by atoms with van der Waals surface area (Å²) in [5.41, 5.74) is 6.07. The van der Waals surface area contributed by atoms with E-state index in [-0.39, 0.29) is 17.2 Å². The minimum atomic E-state index is -3.32. The summed E-state index contributed by atoms with van der Waals surface area (Å²) in [7, 11) is -3.32. The highest BCUT2D eigenvalue weighted by atomic mass is 32.2. The van der Waals surface area contributed by atoms with Crippen molar-refractivity contribution in [2.45, 2.75) is 37.7 Å². The van der Waals surface area contributed by atoms with Crippen molar-refractivity contribution in [3.8, 4) is 34.3 Å². The van der Waals surface area contributed by atoms with Crippen molar-refractivity contribution in [3.63, 3.8) is 0 Å². The molecule has 1 aliphatic rings. The van der Waals surface area contributed by atoms with Crippen LogP contribution in [0.3, 0.4) is 0 Å².